The quantitative estimate of drug-likeness (QED) is 0.338. The highest BCUT2D eigenvalue weighted by Crippen LogP contribution is 2.29. The predicted octanol–water partition coefficient (Wildman–Crippen LogP) is 3.84. The summed E-state index contributed by atoms with van der Waals surface area (Å²) in [5, 5.41) is 23.4. The van der Waals surface area contributed by atoms with Crippen LogP contribution in [0.15, 0.2) is 48.0 Å². The Balaban J connectivity index is 1.66. The molecule has 0 saturated carbocycles. The maximum absolute atomic E-state index is 11.3. The number of benzene rings is 2. The van der Waals surface area contributed by atoms with Crippen LogP contribution in [0.5, 0.6) is 0 Å². The van der Waals surface area contributed by atoms with E-state index in [-0.39, 0.29) is 5.69 Å². The Hall–Kier alpha value is -3.30. The number of nitrogens with one attached hydrogen (secondary N) is 2. The van der Waals surface area contributed by atoms with Crippen molar-refractivity contribution >= 4 is 44.4 Å². The maximum atomic E-state index is 11.3. The third kappa shape index (κ3) is 4.46. The molecule has 0 spiro atoms. The number of thiazole rings is 1. The Bertz CT molecular complexity index is 1030. The number of rotatable bonds is 6. The molecule has 0 aliphatic carbocycles. The van der Waals surface area contributed by atoms with Gasteiger partial charge in [-0.3, -0.25) is 20.1 Å². The predicted molar refractivity (Wildman–Crippen MR) is 104 cm³/mol. The van der Waals surface area contributed by atoms with Gasteiger partial charge in [-0.05, 0) is 30.7 Å². The van der Waals surface area contributed by atoms with Crippen molar-refractivity contribution in [3.8, 4) is 0 Å². The first kappa shape index (κ1) is 18.5. The summed E-state index contributed by atoms with van der Waals surface area (Å²) < 4.78 is 0.756. The van der Waals surface area contributed by atoms with Gasteiger partial charge in [-0.15, -0.1) is 0 Å². The van der Waals surface area contributed by atoms with Crippen LogP contribution in [-0.2, 0) is 0 Å². The van der Waals surface area contributed by atoms with Gasteiger partial charge in [0.25, 0.3) is 11.6 Å². The van der Waals surface area contributed by atoms with Gasteiger partial charge in [0, 0.05) is 24.2 Å². The first-order chi connectivity index (χ1) is 13.0. The fourth-order valence-electron chi connectivity index (χ4n) is 2.45. The number of nitro benzene ring substituents is 1. The van der Waals surface area contributed by atoms with E-state index in [9.17, 15) is 14.9 Å². The lowest BCUT2D eigenvalue weighted by atomic mass is 10.1. The number of anilines is 1. The number of amides is 1. The largest absolute Gasteiger partial charge is 0.358 e. The van der Waals surface area contributed by atoms with Gasteiger partial charge >= 0.3 is 0 Å². The van der Waals surface area contributed by atoms with Gasteiger partial charge in [0.05, 0.1) is 15.1 Å². The zero-order chi connectivity index (χ0) is 19.4. The van der Waals surface area contributed by atoms with Crippen LogP contribution >= 0.6 is 11.3 Å². The number of nitrogens with zero attached hydrogens (tertiary/aromatic N) is 2. The lowest BCUT2D eigenvalue weighted by Gasteiger charge is -2.04. The van der Waals surface area contributed by atoms with E-state index in [1.165, 1.54) is 23.5 Å². The van der Waals surface area contributed by atoms with Gasteiger partial charge < -0.3 is 5.32 Å². The molecule has 0 radical (unpaired) electrons. The van der Waals surface area contributed by atoms with E-state index in [1.807, 2.05) is 13.0 Å². The van der Waals surface area contributed by atoms with Crippen molar-refractivity contribution in [1.29, 1.82) is 0 Å². The highest BCUT2D eigenvalue weighted by molar-refractivity contribution is 7.22. The van der Waals surface area contributed by atoms with Crippen LogP contribution in [0.25, 0.3) is 16.3 Å². The summed E-state index contributed by atoms with van der Waals surface area (Å²) >= 11 is 1.36. The Labute approximate surface area is 158 Å². The third-order valence-corrected chi connectivity index (χ3v) is 4.76. The van der Waals surface area contributed by atoms with E-state index in [0.717, 1.165) is 15.8 Å². The smallest absolute Gasteiger partial charge is 0.274 e. The third-order valence-electron chi connectivity index (χ3n) is 3.79. The molecule has 0 unspecified atom stereocenters. The highest BCUT2D eigenvalue weighted by atomic mass is 32.1. The number of carbonyl (C=O) groups excluding carboxylic acids is 1. The fourth-order valence-corrected chi connectivity index (χ4v) is 3.34. The van der Waals surface area contributed by atoms with Crippen molar-refractivity contribution in [3.05, 3.63) is 69.3 Å². The lowest BCUT2D eigenvalue weighted by Crippen LogP contribution is -2.18. The van der Waals surface area contributed by atoms with Crippen molar-refractivity contribution in [2.45, 2.75) is 6.92 Å². The number of non-ortho nitro benzene ring substituents is 1. The van der Waals surface area contributed by atoms with Gasteiger partial charge in [-0.25, -0.2) is 10.5 Å². The van der Waals surface area contributed by atoms with Crippen LogP contribution in [0.4, 0.5) is 10.8 Å². The zero-order valence-electron chi connectivity index (χ0n) is 14.3. The van der Waals surface area contributed by atoms with Crippen molar-refractivity contribution in [2.24, 2.45) is 0 Å². The molecule has 8 nitrogen and oxygen atoms in total. The number of nitro groups is 1. The minimum atomic E-state index is -0.556. The van der Waals surface area contributed by atoms with Crippen LogP contribution in [0.2, 0.25) is 0 Å². The average molecular weight is 384 g/mol. The first-order valence-corrected chi connectivity index (χ1v) is 8.78. The highest BCUT2D eigenvalue weighted by Gasteiger charge is 2.10. The number of hydrogen-bond acceptors (Lipinski definition) is 7. The number of aromatic nitrogens is 1. The number of carbonyl (C=O) groups is 1. The van der Waals surface area contributed by atoms with Crippen LogP contribution in [-0.4, -0.2) is 27.6 Å². The van der Waals surface area contributed by atoms with E-state index in [2.05, 4.69) is 10.3 Å². The Kier molecular flexibility index (Phi) is 5.43. The second kappa shape index (κ2) is 7.94. The van der Waals surface area contributed by atoms with Gasteiger partial charge in [0.15, 0.2) is 5.13 Å². The number of hydrogen-bond donors (Lipinski definition) is 3. The Morgan fingerprint density at radius 2 is 2.04 bits per heavy atom. The normalized spacial score (nSPS) is 11.4. The summed E-state index contributed by atoms with van der Waals surface area (Å²) in [5.74, 6) is -0.556. The molecule has 0 atom stereocenters. The summed E-state index contributed by atoms with van der Waals surface area (Å²) in [4.78, 5) is 26.2. The van der Waals surface area contributed by atoms with Crippen LogP contribution < -0.4 is 10.8 Å². The first-order valence-electron chi connectivity index (χ1n) is 7.97. The SMILES string of the molecule is C/C(=C\c1ccc(C(=O)NO)cc1)CNc1nc2ccc([N+](=O)[O-])cc2s1. The van der Waals surface area contributed by atoms with Crippen molar-refractivity contribution < 1.29 is 14.9 Å². The molecule has 3 rings (SSSR count). The van der Waals surface area contributed by atoms with E-state index in [1.54, 1.807) is 35.8 Å². The number of hydroxylamine groups is 1. The van der Waals surface area contributed by atoms with Gasteiger partial charge in [-0.1, -0.05) is 35.1 Å². The second-order valence-electron chi connectivity index (χ2n) is 5.84. The molecule has 3 aromatic rings. The van der Waals surface area contributed by atoms with E-state index in [4.69, 9.17) is 5.21 Å². The molecule has 0 bridgehead atoms. The molecule has 0 aliphatic heterocycles. The van der Waals surface area contributed by atoms with E-state index >= 15 is 0 Å². The van der Waals surface area contributed by atoms with E-state index < -0.39 is 10.8 Å². The number of fused-ring (bicyclic) bond motifs is 1. The molecule has 2 aromatic carbocycles. The molecule has 138 valence electrons. The average Bonchev–Trinajstić information content (AvgIpc) is 3.08. The standard InChI is InChI=1S/C18H16N4O4S/c1-11(8-12-2-4-13(5-3-12)17(23)21-24)10-19-18-20-15-7-6-14(22(25)26)9-16(15)27-18/h2-9,24H,10H2,1H3,(H,19,20)(H,21,23)/b11-8+. The Morgan fingerprint density at radius 3 is 2.70 bits per heavy atom. The van der Waals surface area contributed by atoms with Crippen LogP contribution in [0.3, 0.4) is 0 Å². The summed E-state index contributed by atoms with van der Waals surface area (Å²) in [5.41, 5.74) is 4.69. The molecular weight excluding hydrogens is 368 g/mol. The topological polar surface area (TPSA) is 117 Å². The molecule has 0 fully saturated rings. The molecule has 9 heteroatoms. The van der Waals surface area contributed by atoms with Gasteiger partial charge in [0.1, 0.15) is 0 Å². The maximum Gasteiger partial charge on any atom is 0.274 e. The monoisotopic (exact) mass is 384 g/mol. The molecule has 3 N–H and O–H groups in total. The van der Waals surface area contributed by atoms with Crippen LogP contribution in [0.1, 0.15) is 22.8 Å². The van der Waals surface area contributed by atoms with Crippen molar-refractivity contribution in [1.82, 2.24) is 10.5 Å². The summed E-state index contributed by atoms with van der Waals surface area (Å²) in [6.07, 6.45) is 1.96. The van der Waals surface area contributed by atoms with Crippen molar-refractivity contribution in [3.63, 3.8) is 0 Å². The molecular formula is C18H16N4O4S. The molecule has 1 amide bonds. The minimum Gasteiger partial charge on any atom is -0.358 e. The molecule has 1 heterocycles. The Morgan fingerprint density at radius 1 is 1.30 bits per heavy atom. The zero-order valence-corrected chi connectivity index (χ0v) is 15.1. The lowest BCUT2D eigenvalue weighted by molar-refractivity contribution is -0.384. The molecule has 27 heavy (non-hydrogen) atoms. The van der Waals surface area contributed by atoms with Crippen LogP contribution in [0, 0.1) is 10.1 Å². The summed E-state index contributed by atoms with van der Waals surface area (Å²) in [6, 6.07) is 11.4. The van der Waals surface area contributed by atoms with Gasteiger partial charge in [0.2, 0.25) is 0 Å². The summed E-state index contributed by atoms with van der Waals surface area (Å²) in [6.45, 7) is 2.51. The second-order valence-corrected chi connectivity index (χ2v) is 6.87. The summed E-state index contributed by atoms with van der Waals surface area (Å²) in [7, 11) is 0. The molecule has 1 aromatic heterocycles. The van der Waals surface area contributed by atoms with E-state index in [0.29, 0.717) is 22.8 Å². The van der Waals surface area contributed by atoms with Gasteiger partial charge in [-0.2, -0.15) is 0 Å². The fraction of sp³-hybridized carbons (Fsp3) is 0.111. The van der Waals surface area contributed by atoms with Crippen molar-refractivity contribution in [2.75, 3.05) is 11.9 Å². The minimum absolute atomic E-state index is 0.0482. The molecule has 0 aliphatic rings. The molecule has 0 saturated heterocycles.